The van der Waals surface area contributed by atoms with Crippen molar-refractivity contribution in [2.45, 2.75) is 0 Å². The zero-order chi connectivity index (χ0) is 46.5. The predicted molar refractivity (Wildman–Crippen MR) is 205 cm³/mol. The Hall–Kier alpha value is -7.05. The van der Waals surface area contributed by atoms with Crippen molar-refractivity contribution < 1.29 is 29.4 Å². The van der Waals surface area contributed by atoms with Crippen LogP contribution in [0.4, 0.5) is 0 Å². The Kier molecular flexibility index (Phi) is 3.59. The molecular weight excluding hydrogens is 629 g/mol. The van der Waals surface area contributed by atoms with Crippen LogP contribution in [0.25, 0.3) is 106 Å². The number of furan rings is 2. The summed E-state index contributed by atoms with van der Waals surface area (Å²) >= 11 is 0. The zero-order valence-electron chi connectivity index (χ0n) is 41.0. The summed E-state index contributed by atoms with van der Waals surface area (Å²) in [5.41, 5.74) is 1.02. The second kappa shape index (κ2) is 10.7. The minimum atomic E-state index is -0.625. The second-order valence-corrected chi connectivity index (χ2v) is 11.7. The molecule has 238 valence electrons. The molecule has 0 aliphatic carbocycles. The highest BCUT2D eigenvalue weighted by atomic mass is 16.3. The summed E-state index contributed by atoms with van der Waals surface area (Å²) in [6, 6.07) is 11.0. The van der Waals surface area contributed by atoms with E-state index in [0.717, 1.165) is 0 Å². The molecule has 0 atom stereocenters. The van der Waals surface area contributed by atoms with E-state index in [1.165, 1.54) is 4.57 Å². The summed E-state index contributed by atoms with van der Waals surface area (Å²) in [4.78, 5) is 14.5. The highest BCUT2D eigenvalue weighted by Crippen LogP contribution is 2.42. The topological polar surface area (TPSA) is 69.9 Å². The Morgan fingerprint density at radius 1 is 0.451 bits per heavy atom. The molecule has 0 aliphatic rings. The molecule has 0 saturated carbocycles. The Morgan fingerprint density at radius 3 is 2.10 bits per heavy atom. The number of rotatable bonds is 4. The van der Waals surface area contributed by atoms with Crippen LogP contribution in [0.5, 0.6) is 0 Å². The van der Waals surface area contributed by atoms with Gasteiger partial charge in [0.1, 0.15) is 22.3 Å². The second-order valence-electron chi connectivity index (χ2n) is 11.7. The summed E-state index contributed by atoms with van der Waals surface area (Å²) in [6.07, 6.45) is 0. The maximum Gasteiger partial charge on any atom is 0.238 e. The van der Waals surface area contributed by atoms with Crippen LogP contribution in [0.2, 0.25) is 0 Å². The fourth-order valence-corrected chi connectivity index (χ4v) is 6.69. The average molecular weight is 670 g/mol. The predicted octanol–water partition coefficient (Wildman–Crippen LogP) is 11.8. The van der Waals surface area contributed by atoms with Gasteiger partial charge in [-0.05, 0) is 53.5 Å². The molecule has 7 aromatic carbocycles. The minimum absolute atomic E-state index is 0.00258. The van der Waals surface area contributed by atoms with Gasteiger partial charge in [-0.25, -0.2) is 4.98 Å². The van der Waals surface area contributed by atoms with E-state index in [4.69, 9.17) is 38.9 Å². The van der Waals surface area contributed by atoms with Crippen molar-refractivity contribution in [3.8, 4) is 39.9 Å². The van der Waals surface area contributed by atoms with Gasteiger partial charge in [0, 0.05) is 43.4 Å². The standard InChI is InChI=1S/C45H26N4O2/c1-3-12-27(13-4-1)30-18-11-21-37-40(30)33-23-22-29(26-39(33)51-37)44-46-43(28-14-5-2-6-15-28)47-45(48-44)49-34-19-9-7-16-31(34)41-35(49)24-25-38-42(41)32-17-8-10-20-36(32)50-38/h1-26H/i1D,3D,4D,7D,8D,9D,10D,12D,13D,16D,17D,19D,20D,24D,25D. The van der Waals surface area contributed by atoms with Crippen molar-refractivity contribution in [1.29, 1.82) is 0 Å². The van der Waals surface area contributed by atoms with Gasteiger partial charge in [-0.1, -0.05) is 115 Å². The normalized spacial score (nSPS) is 16.0. The van der Waals surface area contributed by atoms with Crippen LogP contribution in [0, 0.1) is 0 Å². The number of para-hydroxylation sites is 2. The van der Waals surface area contributed by atoms with E-state index in [-0.39, 0.29) is 79.0 Å². The number of benzene rings is 7. The maximum atomic E-state index is 9.44. The van der Waals surface area contributed by atoms with Crippen molar-refractivity contribution in [3.05, 3.63) is 157 Å². The largest absolute Gasteiger partial charge is 0.456 e. The smallest absolute Gasteiger partial charge is 0.238 e. The molecule has 4 aromatic heterocycles. The molecule has 0 spiro atoms. The lowest BCUT2D eigenvalue weighted by molar-refractivity contribution is 0.669. The molecule has 0 N–H and O–H groups in total. The Balaban J connectivity index is 1.24. The van der Waals surface area contributed by atoms with Gasteiger partial charge in [0.15, 0.2) is 11.6 Å². The number of hydrogen-bond donors (Lipinski definition) is 0. The quantitative estimate of drug-likeness (QED) is 0.186. The maximum absolute atomic E-state index is 9.44. The molecular formula is C45H26N4O2. The number of hydrogen-bond acceptors (Lipinski definition) is 5. The van der Waals surface area contributed by atoms with Gasteiger partial charge in [0.25, 0.3) is 0 Å². The van der Waals surface area contributed by atoms with Gasteiger partial charge in [0.2, 0.25) is 5.95 Å². The van der Waals surface area contributed by atoms with E-state index in [2.05, 4.69) is 0 Å². The molecule has 0 unspecified atom stereocenters. The van der Waals surface area contributed by atoms with E-state index in [9.17, 15) is 5.48 Å². The van der Waals surface area contributed by atoms with Crippen molar-refractivity contribution >= 4 is 65.7 Å². The Labute approximate surface area is 311 Å². The van der Waals surface area contributed by atoms with Crippen LogP contribution in [0.15, 0.2) is 166 Å². The highest BCUT2D eigenvalue weighted by Gasteiger charge is 2.22. The molecule has 6 nitrogen and oxygen atoms in total. The SMILES string of the molecule is [2H]c1c([2H])c([2H])c(-c2cccc3oc4cc(-c5nc(-c6ccccc6)nc(-n6c7c([2H])c([2H])c([2H])c([2H])c7c7c8c(oc9c([2H])c([2H])c([2H])c([2H])c98)c([2H])c([2H])c76)n5)ccc4c23)c([2H])c1[2H]. The summed E-state index contributed by atoms with van der Waals surface area (Å²) in [7, 11) is 0. The van der Waals surface area contributed by atoms with E-state index < -0.39 is 78.6 Å². The van der Waals surface area contributed by atoms with Crippen molar-refractivity contribution in [1.82, 2.24) is 19.5 Å². The first-order chi connectivity index (χ1) is 31.5. The number of nitrogens with zero attached hydrogens (tertiary/aromatic N) is 4. The molecule has 0 radical (unpaired) electrons. The summed E-state index contributed by atoms with van der Waals surface area (Å²) in [5, 5.41) is 0.664. The summed E-state index contributed by atoms with van der Waals surface area (Å²) in [6.45, 7) is 0. The lowest BCUT2D eigenvalue weighted by Gasteiger charge is -2.11. The van der Waals surface area contributed by atoms with Crippen LogP contribution in [-0.4, -0.2) is 19.5 Å². The van der Waals surface area contributed by atoms with Crippen molar-refractivity contribution in [2.24, 2.45) is 0 Å². The van der Waals surface area contributed by atoms with Crippen LogP contribution < -0.4 is 0 Å². The number of aromatic nitrogens is 4. The molecule has 0 aliphatic heterocycles. The Morgan fingerprint density at radius 2 is 1.22 bits per heavy atom. The third kappa shape index (κ3) is 4.20. The molecule has 0 fully saturated rings. The first-order valence-electron chi connectivity index (χ1n) is 23.2. The zero-order valence-corrected chi connectivity index (χ0v) is 26.0. The van der Waals surface area contributed by atoms with E-state index in [0.29, 0.717) is 38.6 Å². The van der Waals surface area contributed by atoms with E-state index in [1.54, 1.807) is 66.7 Å². The van der Waals surface area contributed by atoms with Crippen molar-refractivity contribution in [2.75, 3.05) is 0 Å². The molecule has 0 bridgehead atoms. The molecule has 0 amide bonds. The fraction of sp³-hybridized carbons (Fsp3) is 0. The molecule has 51 heavy (non-hydrogen) atoms. The molecule has 11 rings (SSSR count). The lowest BCUT2D eigenvalue weighted by Crippen LogP contribution is -2.06. The van der Waals surface area contributed by atoms with Gasteiger partial charge >= 0.3 is 0 Å². The fourth-order valence-electron chi connectivity index (χ4n) is 6.69. The average Bonchev–Trinajstić information content (AvgIpc) is 4.03. The van der Waals surface area contributed by atoms with E-state index in [1.807, 2.05) is 0 Å². The summed E-state index contributed by atoms with van der Waals surface area (Å²) in [5.74, 6) is -0.0651. The lowest BCUT2D eigenvalue weighted by atomic mass is 9.99. The molecule has 4 heterocycles. The van der Waals surface area contributed by atoms with Gasteiger partial charge in [0.05, 0.1) is 31.6 Å². The van der Waals surface area contributed by atoms with E-state index >= 15 is 0 Å². The molecule has 6 heteroatoms. The third-order valence-electron chi connectivity index (χ3n) is 8.86. The van der Waals surface area contributed by atoms with Crippen LogP contribution >= 0.6 is 0 Å². The first-order valence-corrected chi connectivity index (χ1v) is 15.7. The van der Waals surface area contributed by atoms with Gasteiger partial charge in [-0.3, -0.25) is 4.57 Å². The monoisotopic (exact) mass is 669 g/mol. The van der Waals surface area contributed by atoms with Gasteiger partial charge < -0.3 is 8.83 Å². The van der Waals surface area contributed by atoms with Crippen LogP contribution in [-0.2, 0) is 0 Å². The molecule has 0 saturated heterocycles. The first kappa shape index (κ1) is 17.1. The number of fused-ring (bicyclic) bond motifs is 10. The van der Waals surface area contributed by atoms with Crippen molar-refractivity contribution in [3.63, 3.8) is 0 Å². The molecule has 11 aromatic rings. The minimum Gasteiger partial charge on any atom is -0.456 e. The van der Waals surface area contributed by atoms with Gasteiger partial charge in [-0.2, -0.15) is 9.97 Å². The highest BCUT2D eigenvalue weighted by molar-refractivity contribution is 6.27. The Bertz CT molecular complexity index is 3990. The van der Waals surface area contributed by atoms with Crippen LogP contribution in [0.3, 0.4) is 0 Å². The van der Waals surface area contributed by atoms with Gasteiger partial charge in [-0.15, -0.1) is 0 Å². The van der Waals surface area contributed by atoms with Crippen LogP contribution in [0.1, 0.15) is 20.6 Å². The summed E-state index contributed by atoms with van der Waals surface area (Å²) < 4.78 is 144. The third-order valence-corrected chi connectivity index (χ3v) is 8.86.